The smallest absolute Gasteiger partial charge is 0.326 e. The molecule has 0 bridgehead atoms. The van der Waals surface area contributed by atoms with E-state index in [0.29, 0.717) is 12.8 Å². The topological polar surface area (TPSA) is 104 Å². The number of rotatable bonds is 7. The van der Waals surface area contributed by atoms with Crippen LogP contribution in [0.2, 0.25) is 0 Å². The second-order valence-corrected chi connectivity index (χ2v) is 10.3. The number of hydrogen-bond acceptors (Lipinski definition) is 4. The van der Waals surface area contributed by atoms with Gasteiger partial charge < -0.3 is 10.4 Å². The van der Waals surface area contributed by atoms with E-state index in [0.717, 1.165) is 21.9 Å². The van der Waals surface area contributed by atoms with E-state index in [-0.39, 0.29) is 17.9 Å². The zero-order valence-corrected chi connectivity index (χ0v) is 19.1. The van der Waals surface area contributed by atoms with E-state index in [1.54, 1.807) is 12.1 Å². The van der Waals surface area contributed by atoms with Crippen molar-refractivity contribution in [1.29, 1.82) is 0 Å². The van der Waals surface area contributed by atoms with Gasteiger partial charge in [0.25, 0.3) is 0 Å². The Balaban J connectivity index is 1.51. The average Bonchev–Trinajstić information content (AvgIpc) is 3.30. The van der Waals surface area contributed by atoms with E-state index in [4.69, 9.17) is 0 Å². The number of carboxylic acid groups (broad SMARTS) is 1. The van der Waals surface area contributed by atoms with Crippen molar-refractivity contribution in [3.05, 3.63) is 77.9 Å². The highest BCUT2D eigenvalue weighted by Crippen LogP contribution is 2.27. The van der Waals surface area contributed by atoms with Crippen LogP contribution in [0.25, 0.3) is 10.8 Å². The molecular weight excluding hydrogens is 440 g/mol. The summed E-state index contributed by atoms with van der Waals surface area (Å²) >= 11 is 0. The lowest BCUT2D eigenvalue weighted by Gasteiger charge is -2.25. The second kappa shape index (κ2) is 9.33. The zero-order valence-electron chi connectivity index (χ0n) is 18.3. The predicted octanol–water partition coefficient (Wildman–Crippen LogP) is 3.11. The molecule has 0 aromatic heterocycles. The van der Waals surface area contributed by atoms with Gasteiger partial charge in [0, 0.05) is 13.0 Å². The Morgan fingerprint density at radius 2 is 1.76 bits per heavy atom. The van der Waals surface area contributed by atoms with E-state index in [2.05, 4.69) is 5.32 Å². The Bertz CT molecular complexity index is 1290. The van der Waals surface area contributed by atoms with Crippen LogP contribution in [-0.2, 0) is 26.0 Å². The lowest BCUT2D eigenvalue weighted by atomic mass is 10.0. The number of carbonyl (C=O) groups excluding carboxylic acids is 1. The molecule has 3 aromatic carbocycles. The molecule has 33 heavy (non-hydrogen) atoms. The molecule has 1 aliphatic heterocycles. The van der Waals surface area contributed by atoms with Crippen molar-refractivity contribution >= 4 is 32.7 Å². The Labute approximate surface area is 193 Å². The molecule has 1 amide bonds. The standard InChI is InChI=1S/C25H26N2O5S/c1-17-8-12-21(13-9-17)33(31,32)27-14-4-7-23(27)24(28)26-22(25(29)30)16-18-10-11-19-5-2-3-6-20(19)15-18/h2-3,5-6,8-13,15,22-23H,4,7,14,16H2,1H3,(H,26,28)(H,29,30)/t22-,23-/m0/s1. The van der Waals surface area contributed by atoms with Crippen LogP contribution < -0.4 is 5.32 Å². The summed E-state index contributed by atoms with van der Waals surface area (Å²) in [6.45, 7) is 2.08. The predicted molar refractivity (Wildman–Crippen MR) is 125 cm³/mol. The average molecular weight is 467 g/mol. The van der Waals surface area contributed by atoms with Gasteiger partial charge in [0.05, 0.1) is 4.90 Å². The fourth-order valence-corrected chi connectivity index (χ4v) is 5.86. The Morgan fingerprint density at radius 1 is 1.06 bits per heavy atom. The fraction of sp³-hybridized carbons (Fsp3) is 0.280. The van der Waals surface area contributed by atoms with Crippen LogP contribution in [0, 0.1) is 6.92 Å². The Hall–Kier alpha value is -3.23. The first-order chi connectivity index (χ1) is 15.8. The minimum Gasteiger partial charge on any atom is -0.480 e. The van der Waals surface area contributed by atoms with Gasteiger partial charge in [-0.25, -0.2) is 13.2 Å². The van der Waals surface area contributed by atoms with Crippen LogP contribution in [0.15, 0.2) is 71.6 Å². The molecule has 1 aliphatic rings. The van der Waals surface area contributed by atoms with Crippen molar-refractivity contribution in [1.82, 2.24) is 9.62 Å². The quantitative estimate of drug-likeness (QED) is 0.557. The molecule has 4 rings (SSSR count). The zero-order chi connectivity index (χ0) is 23.6. The molecule has 0 radical (unpaired) electrons. The van der Waals surface area contributed by atoms with Crippen molar-refractivity contribution in [2.75, 3.05) is 6.54 Å². The summed E-state index contributed by atoms with van der Waals surface area (Å²) < 4.78 is 27.4. The summed E-state index contributed by atoms with van der Waals surface area (Å²) in [7, 11) is -3.86. The number of sulfonamides is 1. The third-order valence-electron chi connectivity index (χ3n) is 6.00. The summed E-state index contributed by atoms with van der Waals surface area (Å²) in [6, 6.07) is 17.8. The molecule has 2 atom stereocenters. The lowest BCUT2D eigenvalue weighted by molar-refractivity contribution is -0.142. The van der Waals surface area contributed by atoms with Gasteiger partial charge in [-0.05, 0) is 48.2 Å². The number of carboxylic acids is 1. The van der Waals surface area contributed by atoms with Gasteiger partial charge in [0.1, 0.15) is 12.1 Å². The number of nitrogens with one attached hydrogen (secondary N) is 1. The summed E-state index contributed by atoms with van der Waals surface area (Å²) in [5.41, 5.74) is 1.71. The van der Waals surface area contributed by atoms with Crippen LogP contribution in [0.5, 0.6) is 0 Å². The van der Waals surface area contributed by atoms with Crippen LogP contribution >= 0.6 is 0 Å². The minimum atomic E-state index is -3.86. The molecule has 8 heteroatoms. The number of aryl methyl sites for hydroxylation is 1. The van der Waals surface area contributed by atoms with Gasteiger partial charge >= 0.3 is 5.97 Å². The lowest BCUT2D eigenvalue weighted by Crippen LogP contribution is -2.51. The highest BCUT2D eigenvalue weighted by molar-refractivity contribution is 7.89. The van der Waals surface area contributed by atoms with Gasteiger partial charge in [0.2, 0.25) is 15.9 Å². The van der Waals surface area contributed by atoms with Gasteiger partial charge in [-0.15, -0.1) is 0 Å². The highest BCUT2D eigenvalue weighted by atomic mass is 32.2. The number of nitrogens with zero attached hydrogens (tertiary/aromatic N) is 1. The third kappa shape index (κ3) is 4.91. The van der Waals surface area contributed by atoms with E-state index in [1.807, 2.05) is 49.4 Å². The van der Waals surface area contributed by atoms with Gasteiger partial charge in [-0.1, -0.05) is 60.2 Å². The first kappa shape index (κ1) is 22.9. The molecule has 0 saturated carbocycles. The summed E-state index contributed by atoms with van der Waals surface area (Å²) in [6.07, 6.45) is 0.980. The normalized spacial score (nSPS) is 17.7. The molecule has 3 aromatic rings. The van der Waals surface area contributed by atoms with Crippen LogP contribution in [0.1, 0.15) is 24.0 Å². The van der Waals surface area contributed by atoms with Gasteiger partial charge in [-0.3, -0.25) is 4.79 Å². The molecule has 1 fully saturated rings. The van der Waals surface area contributed by atoms with E-state index >= 15 is 0 Å². The largest absolute Gasteiger partial charge is 0.480 e. The maximum absolute atomic E-state index is 13.1. The number of aliphatic carboxylic acids is 1. The molecule has 7 nitrogen and oxygen atoms in total. The SMILES string of the molecule is Cc1ccc(S(=O)(=O)N2CCC[C@H]2C(=O)N[C@@H](Cc2ccc3ccccc3c2)C(=O)O)cc1. The highest BCUT2D eigenvalue weighted by Gasteiger charge is 2.40. The molecule has 0 aliphatic carbocycles. The van der Waals surface area contributed by atoms with Crippen molar-refractivity contribution in [2.45, 2.75) is 43.2 Å². The molecule has 1 saturated heterocycles. The minimum absolute atomic E-state index is 0.101. The van der Waals surface area contributed by atoms with Gasteiger partial charge in [-0.2, -0.15) is 4.31 Å². The first-order valence-corrected chi connectivity index (χ1v) is 12.3. The number of amides is 1. The molecular formula is C25H26N2O5S. The maximum atomic E-state index is 13.1. The Kier molecular flexibility index (Phi) is 6.49. The molecule has 1 heterocycles. The molecule has 0 spiro atoms. The monoisotopic (exact) mass is 466 g/mol. The maximum Gasteiger partial charge on any atom is 0.326 e. The van der Waals surface area contributed by atoms with Crippen molar-refractivity contribution < 1.29 is 23.1 Å². The molecule has 172 valence electrons. The van der Waals surface area contributed by atoms with Gasteiger partial charge in [0.15, 0.2) is 0 Å². The van der Waals surface area contributed by atoms with Crippen LogP contribution in [-0.4, -0.2) is 48.3 Å². The fourth-order valence-electron chi connectivity index (χ4n) is 4.20. The van der Waals surface area contributed by atoms with Crippen molar-refractivity contribution in [3.8, 4) is 0 Å². The summed E-state index contributed by atoms with van der Waals surface area (Å²) in [5.74, 6) is -1.75. The Morgan fingerprint density at radius 3 is 2.45 bits per heavy atom. The molecule has 2 N–H and O–H groups in total. The first-order valence-electron chi connectivity index (χ1n) is 10.8. The number of benzene rings is 3. The van der Waals surface area contributed by atoms with E-state index in [1.165, 1.54) is 16.4 Å². The number of fused-ring (bicyclic) bond motifs is 1. The number of carbonyl (C=O) groups is 2. The van der Waals surface area contributed by atoms with E-state index in [9.17, 15) is 23.1 Å². The second-order valence-electron chi connectivity index (χ2n) is 8.37. The third-order valence-corrected chi connectivity index (χ3v) is 7.92. The van der Waals surface area contributed by atoms with E-state index < -0.39 is 34.0 Å². The van der Waals surface area contributed by atoms with Crippen molar-refractivity contribution in [2.24, 2.45) is 0 Å². The van der Waals surface area contributed by atoms with Crippen LogP contribution in [0.4, 0.5) is 0 Å². The summed E-state index contributed by atoms with van der Waals surface area (Å²) in [4.78, 5) is 25.1. The van der Waals surface area contributed by atoms with Crippen LogP contribution in [0.3, 0.4) is 0 Å². The molecule has 0 unspecified atom stereocenters. The van der Waals surface area contributed by atoms with Crippen molar-refractivity contribution in [3.63, 3.8) is 0 Å². The number of hydrogen-bond donors (Lipinski definition) is 2. The summed E-state index contributed by atoms with van der Waals surface area (Å²) in [5, 5.41) is 14.3.